The van der Waals surface area contributed by atoms with E-state index in [2.05, 4.69) is 15.9 Å². The maximum atomic E-state index is 13.8. The number of amides is 1. The van der Waals surface area contributed by atoms with Crippen LogP contribution in [0.2, 0.25) is 5.02 Å². The number of primary amides is 1. The molecule has 0 saturated carbocycles. The number of halogens is 3. The molecule has 6 nitrogen and oxygen atoms in total. The van der Waals surface area contributed by atoms with Gasteiger partial charge in [-0.3, -0.25) is 4.79 Å². The number of carbonyl (C=O) groups is 2. The first kappa shape index (κ1) is 20.0. The molecule has 2 aromatic carbocycles. The van der Waals surface area contributed by atoms with E-state index < -0.39 is 24.3 Å². The number of carbonyl (C=O) groups excluding carboxylic acids is 2. The molecule has 9 heteroatoms. The smallest absolute Gasteiger partial charge is 0.338 e. The second kappa shape index (κ2) is 8.86. The Hall–Kier alpha value is -2.32. The van der Waals surface area contributed by atoms with Crippen molar-refractivity contribution in [2.24, 2.45) is 5.73 Å². The summed E-state index contributed by atoms with van der Waals surface area (Å²) in [6.45, 7) is -0.652. The Balaban J connectivity index is 2.15. The van der Waals surface area contributed by atoms with Crippen molar-refractivity contribution in [2.75, 3.05) is 13.7 Å². The fourth-order valence-corrected chi connectivity index (χ4v) is 2.58. The number of esters is 1. The van der Waals surface area contributed by atoms with Crippen LogP contribution in [-0.4, -0.2) is 25.6 Å². The molecule has 0 heterocycles. The molecular weight excluding hydrogens is 433 g/mol. The molecule has 0 aromatic heterocycles. The van der Waals surface area contributed by atoms with Gasteiger partial charge in [-0.2, -0.15) is 0 Å². The van der Waals surface area contributed by atoms with E-state index in [9.17, 15) is 14.0 Å². The Kier molecular flexibility index (Phi) is 6.82. The van der Waals surface area contributed by atoms with Crippen LogP contribution in [0.15, 0.2) is 34.8 Å². The molecule has 0 aliphatic carbocycles. The number of hydrogen-bond donors (Lipinski definition) is 1. The third-order valence-corrected chi connectivity index (χ3v) is 3.97. The Morgan fingerprint density at radius 2 is 2.00 bits per heavy atom. The van der Waals surface area contributed by atoms with Crippen molar-refractivity contribution in [3.8, 4) is 11.5 Å². The SMILES string of the molecule is COc1cc(C(=O)OCc2ccc(Br)cc2F)cc(Cl)c1OCC(N)=O. The van der Waals surface area contributed by atoms with E-state index in [-0.39, 0.29) is 34.3 Å². The van der Waals surface area contributed by atoms with E-state index in [0.29, 0.717) is 4.47 Å². The van der Waals surface area contributed by atoms with Crippen molar-refractivity contribution in [3.05, 3.63) is 56.8 Å². The van der Waals surface area contributed by atoms with Gasteiger partial charge in [0, 0.05) is 10.0 Å². The minimum Gasteiger partial charge on any atom is -0.493 e. The second-order valence-electron chi connectivity index (χ2n) is 5.06. The van der Waals surface area contributed by atoms with Crippen molar-refractivity contribution in [2.45, 2.75) is 6.61 Å². The van der Waals surface area contributed by atoms with Crippen molar-refractivity contribution >= 4 is 39.4 Å². The van der Waals surface area contributed by atoms with Gasteiger partial charge in [0.25, 0.3) is 5.91 Å². The van der Waals surface area contributed by atoms with E-state index in [4.69, 9.17) is 31.5 Å². The first-order chi connectivity index (χ1) is 12.3. The number of ether oxygens (including phenoxy) is 3. The molecule has 2 aromatic rings. The lowest BCUT2D eigenvalue weighted by Crippen LogP contribution is -2.20. The van der Waals surface area contributed by atoms with Crippen LogP contribution in [0.1, 0.15) is 15.9 Å². The molecule has 0 radical (unpaired) electrons. The quantitative estimate of drug-likeness (QED) is 0.658. The molecule has 0 bridgehead atoms. The normalized spacial score (nSPS) is 10.3. The molecule has 0 atom stereocenters. The van der Waals surface area contributed by atoms with Gasteiger partial charge in [-0.15, -0.1) is 0 Å². The lowest BCUT2D eigenvalue weighted by Gasteiger charge is -2.13. The zero-order chi connectivity index (χ0) is 19.3. The predicted octanol–water partition coefficient (Wildman–Crippen LogP) is 3.47. The first-order valence-electron chi connectivity index (χ1n) is 7.21. The van der Waals surface area contributed by atoms with Crippen LogP contribution in [-0.2, 0) is 16.1 Å². The van der Waals surface area contributed by atoms with Gasteiger partial charge >= 0.3 is 5.97 Å². The van der Waals surface area contributed by atoms with Gasteiger partial charge in [-0.25, -0.2) is 9.18 Å². The number of methoxy groups -OCH3 is 1. The highest BCUT2D eigenvalue weighted by atomic mass is 79.9. The average Bonchev–Trinajstić information content (AvgIpc) is 2.58. The van der Waals surface area contributed by atoms with Gasteiger partial charge < -0.3 is 19.9 Å². The molecule has 2 rings (SSSR count). The van der Waals surface area contributed by atoms with Crippen LogP contribution in [0.5, 0.6) is 11.5 Å². The summed E-state index contributed by atoms with van der Waals surface area (Å²) >= 11 is 9.22. The van der Waals surface area contributed by atoms with Gasteiger partial charge in [0.05, 0.1) is 17.7 Å². The Morgan fingerprint density at radius 1 is 1.27 bits per heavy atom. The Bertz CT molecular complexity index is 846. The fourth-order valence-electron chi connectivity index (χ4n) is 1.99. The molecule has 0 aliphatic rings. The molecular formula is C17H14BrClFNO5. The summed E-state index contributed by atoms with van der Waals surface area (Å²) in [5.41, 5.74) is 5.32. The van der Waals surface area contributed by atoms with E-state index in [0.717, 1.165) is 0 Å². The predicted molar refractivity (Wildman–Crippen MR) is 95.9 cm³/mol. The number of nitrogens with two attached hydrogens (primary N) is 1. The maximum Gasteiger partial charge on any atom is 0.338 e. The topological polar surface area (TPSA) is 87.8 Å². The van der Waals surface area contributed by atoms with Crippen LogP contribution in [0.4, 0.5) is 4.39 Å². The lowest BCUT2D eigenvalue weighted by molar-refractivity contribution is -0.119. The molecule has 0 unspecified atom stereocenters. The number of rotatable bonds is 7. The average molecular weight is 447 g/mol. The van der Waals surface area contributed by atoms with E-state index in [1.54, 1.807) is 6.07 Å². The zero-order valence-corrected chi connectivity index (χ0v) is 15.9. The molecule has 138 valence electrons. The number of hydrogen-bond acceptors (Lipinski definition) is 5. The fraction of sp³-hybridized carbons (Fsp3) is 0.176. The van der Waals surface area contributed by atoms with Gasteiger partial charge in [-0.1, -0.05) is 33.6 Å². The van der Waals surface area contributed by atoms with Crippen molar-refractivity contribution in [1.82, 2.24) is 0 Å². The summed E-state index contributed by atoms with van der Waals surface area (Å²) in [7, 11) is 1.34. The highest BCUT2D eigenvalue weighted by Crippen LogP contribution is 2.36. The minimum atomic E-state index is -0.728. The van der Waals surface area contributed by atoms with Crippen molar-refractivity contribution in [3.63, 3.8) is 0 Å². The number of benzene rings is 2. The van der Waals surface area contributed by atoms with Crippen LogP contribution in [0, 0.1) is 5.82 Å². The van der Waals surface area contributed by atoms with Crippen molar-refractivity contribution < 1.29 is 28.2 Å². The summed E-state index contributed by atoms with van der Waals surface area (Å²) in [5, 5.41) is 0.0346. The summed E-state index contributed by atoms with van der Waals surface area (Å²) in [6.07, 6.45) is 0. The standard InChI is InChI=1S/C17H14BrClFNO5/c1-24-14-5-10(4-12(19)16(14)25-8-15(21)22)17(23)26-7-9-2-3-11(18)6-13(9)20/h2-6H,7-8H2,1H3,(H2,21,22). The monoisotopic (exact) mass is 445 g/mol. The summed E-state index contributed by atoms with van der Waals surface area (Å²) < 4.78 is 29.7. The van der Waals surface area contributed by atoms with Crippen LogP contribution in [0.3, 0.4) is 0 Å². The molecule has 0 aliphatic heterocycles. The molecule has 0 spiro atoms. The highest BCUT2D eigenvalue weighted by Gasteiger charge is 2.18. The second-order valence-corrected chi connectivity index (χ2v) is 6.38. The molecule has 1 amide bonds. The zero-order valence-electron chi connectivity index (χ0n) is 13.6. The Morgan fingerprint density at radius 3 is 2.62 bits per heavy atom. The summed E-state index contributed by atoms with van der Waals surface area (Å²) in [5.74, 6) is -1.72. The molecule has 0 fully saturated rings. The van der Waals surface area contributed by atoms with Crippen LogP contribution < -0.4 is 15.2 Å². The van der Waals surface area contributed by atoms with E-state index >= 15 is 0 Å². The first-order valence-corrected chi connectivity index (χ1v) is 8.38. The largest absolute Gasteiger partial charge is 0.493 e. The summed E-state index contributed by atoms with van der Waals surface area (Å²) in [4.78, 5) is 23.0. The highest BCUT2D eigenvalue weighted by molar-refractivity contribution is 9.10. The summed E-state index contributed by atoms with van der Waals surface area (Å²) in [6, 6.07) is 7.04. The minimum absolute atomic E-state index is 0.0346. The van der Waals surface area contributed by atoms with Gasteiger partial charge in [-0.05, 0) is 24.3 Å². The van der Waals surface area contributed by atoms with Gasteiger partial charge in [0.2, 0.25) is 0 Å². The van der Waals surface area contributed by atoms with Crippen LogP contribution >= 0.6 is 27.5 Å². The van der Waals surface area contributed by atoms with Crippen LogP contribution in [0.25, 0.3) is 0 Å². The third-order valence-electron chi connectivity index (χ3n) is 3.20. The van der Waals surface area contributed by atoms with Gasteiger partial charge in [0.1, 0.15) is 12.4 Å². The third kappa shape index (κ3) is 5.09. The lowest BCUT2D eigenvalue weighted by atomic mass is 10.2. The van der Waals surface area contributed by atoms with E-state index in [1.165, 1.54) is 31.4 Å². The Labute approximate surface area is 162 Å². The molecule has 2 N–H and O–H groups in total. The van der Waals surface area contributed by atoms with E-state index in [1.807, 2.05) is 0 Å². The van der Waals surface area contributed by atoms with Crippen molar-refractivity contribution in [1.29, 1.82) is 0 Å². The maximum absolute atomic E-state index is 13.8. The molecule has 0 saturated heterocycles. The van der Waals surface area contributed by atoms with Gasteiger partial charge in [0.15, 0.2) is 18.1 Å². The molecule has 26 heavy (non-hydrogen) atoms.